The van der Waals surface area contributed by atoms with Crippen molar-refractivity contribution in [2.45, 2.75) is 44.6 Å². The Morgan fingerprint density at radius 1 is 1.15 bits per heavy atom. The van der Waals surface area contributed by atoms with Gasteiger partial charge in [-0.05, 0) is 43.2 Å². The lowest BCUT2D eigenvalue weighted by atomic mass is 9.90. The third-order valence-corrected chi connectivity index (χ3v) is 6.79. The number of hydrogen-bond acceptors (Lipinski definition) is 8. The van der Waals surface area contributed by atoms with Crippen molar-refractivity contribution in [2.75, 3.05) is 5.32 Å². The van der Waals surface area contributed by atoms with Gasteiger partial charge >= 0.3 is 5.97 Å². The molecule has 1 saturated carbocycles. The van der Waals surface area contributed by atoms with E-state index in [4.69, 9.17) is 9.15 Å². The number of nitrogens with one attached hydrogen (secondary N) is 1. The first kappa shape index (κ1) is 22.0. The minimum absolute atomic E-state index is 0.149. The van der Waals surface area contributed by atoms with E-state index in [2.05, 4.69) is 15.4 Å². The van der Waals surface area contributed by atoms with Gasteiger partial charge < -0.3 is 14.5 Å². The number of fused-ring (bicyclic) bond motifs is 1. The zero-order valence-corrected chi connectivity index (χ0v) is 19.0. The Balaban J connectivity index is 1.26. The molecular weight excluding hydrogens is 456 g/mol. The lowest BCUT2D eigenvalue weighted by molar-refractivity contribution is 0.0467. The lowest BCUT2D eigenvalue weighted by Gasteiger charge is -2.18. The van der Waals surface area contributed by atoms with Crippen molar-refractivity contribution in [3.63, 3.8) is 0 Å². The van der Waals surface area contributed by atoms with Crippen LogP contribution in [0.25, 0.3) is 4.96 Å². The highest BCUT2D eigenvalue weighted by molar-refractivity contribution is 7.16. The molecule has 1 aliphatic carbocycles. The van der Waals surface area contributed by atoms with Gasteiger partial charge in [0.05, 0.1) is 17.5 Å². The van der Waals surface area contributed by atoms with E-state index >= 15 is 0 Å². The van der Waals surface area contributed by atoms with Crippen molar-refractivity contribution in [3.8, 4) is 0 Å². The average Bonchev–Trinajstić information content (AvgIpc) is 3.54. The standard InChI is InChI=1S/C24H22N4O5S/c29-20-13-18(26-24-28(20)27-22(34-24)15-6-2-1-3-7-15)14-33-23(31)16-8-4-9-17(12-16)25-21(30)19-10-5-11-32-19/h4-5,8-13,15H,1-3,6-7,14H2,(H,25,30). The number of hydrogen-bond donors (Lipinski definition) is 1. The summed E-state index contributed by atoms with van der Waals surface area (Å²) >= 11 is 1.42. The Morgan fingerprint density at radius 3 is 2.79 bits per heavy atom. The van der Waals surface area contributed by atoms with Crippen molar-refractivity contribution >= 4 is 33.9 Å². The largest absolute Gasteiger partial charge is 0.459 e. The number of carbonyl (C=O) groups excluding carboxylic acids is 2. The first-order chi connectivity index (χ1) is 16.6. The van der Waals surface area contributed by atoms with Gasteiger partial charge in [-0.1, -0.05) is 36.7 Å². The number of amides is 1. The topological polar surface area (TPSA) is 116 Å². The predicted molar refractivity (Wildman–Crippen MR) is 125 cm³/mol. The number of ether oxygens (including phenoxy) is 1. The molecule has 0 aliphatic heterocycles. The molecule has 0 unspecified atom stereocenters. The first-order valence-electron chi connectivity index (χ1n) is 11.1. The zero-order valence-electron chi connectivity index (χ0n) is 18.2. The first-order valence-corrected chi connectivity index (χ1v) is 11.9. The fourth-order valence-corrected chi connectivity index (χ4v) is 5.10. The second kappa shape index (κ2) is 9.60. The van der Waals surface area contributed by atoms with Gasteiger partial charge in [-0.15, -0.1) is 0 Å². The van der Waals surface area contributed by atoms with Crippen LogP contribution >= 0.6 is 11.3 Å². The Labute approximate surface area is 198 Å². The maximum atomic E-state index is 12.6. The zero-order chi connectivity index (χ0) is 23.5. The van der Waals surface area contributed by atoms with Gasteiger partial charge in [0.15, 0.2) is 5.76 Å². The van der Waals surface area contributed by atoms with Crippen molar-refractivity contribution in [3.05, 3.63) is 81.1 Å². The highest BCUT2D eigenvalue weighted by Crippen LogP contribution is 2.34. The molecule has 1 fully saturated rings. The van der Waals surface area contributed by atoms with Crippen LogP contribution in [0.15, 0.2) is 57.9 Å². The summed E-state index contributed by atoms with van der Waals surface area (Å²) in [4.78, 5) is 42.2. The second-order valence-corrected chi connectivity index (χ2v) is 9.13. The fourth-order valence-electron chi connectivity index (χ4n) is 4.01. The van der Waals surface area contributed by atoms with Crippen LogP contribution < -0.4 is 10.9 Å². The smallest absolute Gasteiger partial charge is 0.338 e. The molecule has 1 aromatic carbocycles. The summed E-state index contributed by atoms with van der Waals surface area (Å²) < 4.78 is 11.8. The monoisotopic (exact) mass is 478 g/mol. The van der Waals surface area contributed by atoms with Crippen LogP contribution in [0, 0.1) is 0 Å². The molecule has 10 heteroatoms. The maximum Gasteiger partial charge on any atom is 0.338 e. The van der Waals surface area contributed by atoms with E-state index in [0.29, 0.717) is 22.3 Å². The number of carbonyl (C=O) groups is 2. The summed E-state index contributed by atoms with van der Waals surface area (Å²) in [5.74, 6) is -0.480. The van der Waals surface area contributed by atoms with Gasteiger partial charge in [0.2, 0.25) is 4.96 Å². The van der Waals surface area contributed by atoms with Crippen molar-refractivity contribution in [1.82, 2.24) is 14.6 Å². The Bertz CT molecular complexity index is 1390. The van der Waals surface area contributed by atoms with E-state index in [-0.39, 0.29) is 23.5 Å². The van der Waals surface area contributed by atoms with E-state index in [1.165, 1.54) is 53.5 Å². The maximum absolute atomic E-state index is 12.6. The third-order valence-electron chi connectivity index (χ3n) is 5.72. The number of nitrogens with zero attached hydrogens (tertiary/aromatic N) is 3. The third kappa shape index (κ3) is 4.76. The molecule has 3 aromatic heterocycles. The van der Waals surface area contributed by atoms with E-state index in [9.17, 15) is 14.4 Å². The Hall–Kier alpha value is -3.79. The molecule has 1 amide bonds. The minimum atomic E-state index is -0.594. The summed E-state index contributed by atoms with van der Waals surface area (Å²) in [5.41, 5.74) is 0.748. The molecular formula is C24H22N4O5S. The summed E-state index contributed by atoms with van der Waals surface area (Å²) in [6.07, 6.45) is 7.17. The average molecular weight is 479 g/mol. The van der Waals surface area contributed by atoms with Crippen LogP contribution in [-0.2, 0) is 11.3 Å². The number of benzene rings is 1. The molecule has 9 nitrogen and oxygen atoms in total. The molecule has 34 heavy (non-hydrogen) atoms. The van der Waals surface area contributed by atoms with E-state index < -0.39 is 11.9 Å². The number of anilines is 1. The molecule has 3 heterocycles. The van der Waals surface area contributed by atoms with Gasteiger partial charge in [-0.2, -0.15) is 9.61 Å². The van der Waals surface area contributed by atoms with Crippen LogP contribution in [0.3, 0.4) is 0 Å². The highest BCUT2D eigenvalue weighted by Gasteiger charge is 2.21. The normalized spacial score (nSPS) is 14.2. The summed E-state index contributed by atoms with van der Waals surface area (Å²) in [6.45, 7) is -0.149. The van der Waals surface area contributed by atoms with Crippen molar-refractivity contribution in [2.24, 2.45) is 0 Å². The van der Waals surface area contributed by atoms with Crippen LogP contribution in [0.4, 0.5) is 5.69 Å². The molecule has 0 spiro atoms. The lowest BCUT2D eigenvalue weighted by Crippen LogP contribution is -2.17. The Kier molecular flexibility index (Phi) is 6.22. The van der Waals surface area contributed by atoms with Crippen molar-refractivity contribution in [1.29, 1.82) is 0 Å². The van der Waals surface area contributed by atoms with Gasteiger partial charge in [0.1, 0.15) is 11.6 Å². The molecule has 0 atom stereocenters. The fraction of sp³-hybridized carbons (Fsp3) is 0.292. The SMILES string of the molecule is O=C(OCc1cc(=O)n2nc(C3CCCCC3)sc2n1)c1cccc(NC(=O)c2ccco2)c1. The molecule has 5 rings (SSSR count). The van der Waals surface area contributed by atoms with Crippen LogP contribution in [0.5, 0.6) is 0 Å². The number of aromatic nitrogens is 3. The number of esters is 1. The molecule has 0 radical (unpaired) electrons. The van der Waals surface area contributed by atoms with Gasteiger partial charge in [-0.3, -0.25) is 9.59 Å². The number of furan rings is 1. The molecule has 0 saturated heterocycles. The quantitative estimate of drug-likeness (QED) is 0.408. The van der Waals surface area contributed by atoms with E-state index in [1.54, 1.807) is 30.3 Å². The van der Waals surface area contributed by atoms with Gasteiger partial charge in [0.25, 0.3) is 11.5 Å². The van der Waals surface area contributed by atoms with E-state index in [0.717, 1.165) is 17.8 Å². The highest BCUT2D eigenvalue weighted by atomic mass is 32.1. The molecule has 4 aromatic rings. The summed E-state index contributed by atoms with van der Waals surface area (Å²) in [7, 11) is 0. The summed E-state index contributed by atoms with van der Waals surface area (Å²) in [6, 6.07) is 10.9. The van der Waals surface area contributed by atoms with Crippen molar-refractivity contribution < 1.29 is 18.7 Å². The van der Waals surface area contributed by atoms with Gasteiger partial charge in [-0.25, -0.2) is 9.78 Å². The molecule has 174 valence electrons. The molecule has 0 bridgehead atoms. The van der Waals surface area contributed by atoms with E-state index in [1.807, 2.05) is 0 Å². The van der Waals surface area contributed by atoms with Crippen LogP contribution in [-0.4, -0.2) is 26.5 Å². The molecule has 1 N–H and O–H groups in total. The second-order valence-electron chi connectivity index (χ2n) is 8.14. The predicted octanol–water partition coefficient (Wildman–Crippen LogP) is 4.40. The summed E-state index contributed by atoms with van der Waals surface area (Å²) in [5, 5.41) is 8.09. The van der Waals surface area contributed by atoms with Crippen LogP contribution in [0.1, 0.15) is 69.6 Å². The number of rotatable bonds is 6. The van der Waals surface area contributed by atoms with Crippen LogP contribution in [0.2, 0.25) is 0 Å². The minimum Gasteiger partial charge on any atom is -0.459 e. The van der Waals surface area contributed by atoms with Gasteiger partial charge in [0, 0.05) is 17.7 Å². The Morgan fingerprint density at radius 2 is 2.00 bits per heavy atom. The molecule has 1 aliphatic rings.